The van der Waals surface area contributed by atoms with E-state index < -0.39 is 0 Å². The molecule has 0 bridgehead atoms. The SMILES string of the molecule is O=C(CSc1nnc(-c2c[nH]c3ccccc23)o1)NCc1ccc(F)cc1. The van der Waals surface area contributed by atoms with E-state index in [-0.39, 0.29) is 17.5 Å². The van der Waals surface area contributed by atoms with E-state index in [1.807, 2.05) is 30.5 Å². The lowest BCUT2D eigenvalue weighted by molar-refractivity contribution is -0.118. The van der Waals surface area contributed by atoms with Gasteiger partial charge in [-0.2, -0.15) is 0 Å². The van der Waals surface area contributed by atoms with Gasteiger partial charge in [-0.05, 0) is 23.8 Å². The standard InChI is InChI=1S/C19H15FN4O2S/c20-13-7-5-12(6-8-13)9-22-17(25)11-27-19-24-23-18(26-19)15-10-21-16-4-2-1-3-14(15)16/h1-8,10,21H,9,11H2,(H,22,25). The molecular weight excluding hydrogens is 367 g/mol. The van der Waals surface area contributed by atoms with Crippen LogP contribution in [-0.4, -0.2) is 26.8 Å². The lowest BCUT2D eigenvalue weighted by Crippen LogP contribution is -2.24. The van der Waals surface area contributed by atoms with Crippen molar-refractivity contribution in [1.29, 1.82) is 0 Å². The number of aromatic nitrogens is 3. The van der Waals surface area contributed by atoms with E-state index >= 15 is 0 Å². The summed E-state index contributed by atoms with van der Waals surface area (Å²) in [5, 5.41) is 12.1. The first-order chi connectivity index (χ1) is 13.2. The highest BCUT2D eigenvalue weighted by Crippen LogP contribution is 2.29. The first-order valence-electron chi connectivity index (χ1n) is 8.23. The molecule has 27 heavy (non-hydrogen) atoms. The van der Waals surface area contributed by atoms with Crippen molar-refractivity contribution in [2.45, 2.75) is 11.8 Å². The number of para-hydroxylation sites is 1. The molecule has 0 atom stereocenters. The van der Waals surface area contributed by atoms with Crippen molar-refractivity contribution < 1.29 is 13.6 Å². The Hall–Kier alpha value is -3.13. The molecule has 6 nitrogen and oxygen atoms in total. The summed E-state index contributed by atoms with van der Waals surface area (Å²) in [5.74, 6) is 0.0809. The number of carbonyl (C=O) groups excluding carboxylic acids is 1. The average molecular weight is 382 g/mol. The zero-order chi connectivity index (χ0) is 18.6. The number of amides is 1. The van der Waals surface area contributed by atoms with Crippen LogP contribution in [0.3, 0.4) is 0 Å². The van der Waals surface area contributed by atoms with Crippen molar-refractivity contribution >= 4 is 28.6 Å². The fourth-order valence-electron chi connectivity index (χ4n) is 2.61. The summed E-state index contributed by atoms with van der Waals surface area (Å²) in [5.41, 5.74) is 2.64. The molecule has 2 heterocycles. The number of H-pyrrole nitrogens is 1. The molecule has 0 aliphatic rings. The van der Waals surface area contributed by atoms with Gasteiger partial charge in [-0.25, -0.2) is 4.39 Å². The second kappa shape index (κ2) is 7.63. The van der Waals surface area contributed by atoms with E-state index in [0.29, 0.717) is 17.7 Å². The van der Waals surface area contributed by atoms with Crippen LogP contribution in [0.2, 0.25) is 0 Å². The minimum Gasteiger partial charge on any atom is -0.411 e. The number of nitrogens with zero attached hydrogens (tertiary/aromatic N) is 2. The van der Waals surface area contributed by atoms with Gasteiger partial charge in [-0.15, -0.1) is 10.2 Å². The van der Waals surface area contributed by atoms with Gasteiger partial charge < -0.3 is 14.7 Å². The summed E-state index contributed by atoms with van der Waals surface area (Å²) in [6, 6.07) is 13.8. The Labute approximate surface area is 158 Å². The molecule has 0 radical (unpaired) electrons. The Morgan fingerprint density at radius 1 is 1.15 bits per heavy atom. The molecule has 0 saturated carbocycles. The van der Waals surface area contributed by atoms with Gasteiger partial charge in [0.05, 0.1) is 11.3 Å². The van der Waals surface area contributed by atoms with Crippen LogP contribution in [0.25, 0.3) is 22.4 Å². The average Bonchev–Trinajstić information content (AvgIpc) is 3.32. The minimum absolute atomic E-state index is 0.150. The first-order valence-corrected chi connectivity index (χ1v) is 9.21. The quantitative estimate of drug-likeness (QED) is 0.496. The minimum atomic E-state index is -0.303. The summed E-state index contributed by atoms with van der Waals surface area (Å²) < 4.78 is 18.5. The molecule has 2 aromatic heterocycles. The third-order valence-corrected chi connectivity index (χ3v) is 4.77. The molecule has 0 saturated heterocycles. The summed E-state index contributed by atoms with van der Waals surface area (Å²) in [6.07, 6.45) is 1.82. The smallest absolute Gasteiger partial charge is 0.277 e. The van der Waals surface area contributed by atoms with Crippen molar-refractivity contribution in [3.8, 4) is 11.5 Å². The van der Waals surface area contributed by atoms with E-state index in [2.05, 4.69) is 20.5 Å². The van der Waals surface area contributed by atoms with Crippen molar-refractivity contribution in [2.75, 3.05) is 5.75 Å². The number of aromatic amines is 1. The Morgan fingerprint density at radius 3 is 2.81 bits per heavy atom. The highest BCUT2D eigenvalue weighted by atomic mass is 32.2. The van der Waals surface area contributed by atoms with Crippen LogP contribution in [0, 0.1) is 5.82 Å². The lowest BCUT2D eigenvalue weighted by Gasteiger charge is -2.04. The third kappa shape index (κ3) is 4.01. The predicted octanol–water partition coefficient (Wildman–Crippen LogP) is 3.77. The molecule has 0 fully saturated rings. The lowest BCUT2D eigenvalue weighted by atomic mass is 10.2. The van der Waals surface area contributed by atoms with Gasteiger partial charge in [0.15, 0.2) is 0 Å². The van der Waals surface area contributed by atoms with Gasteiger partial charge in [0, 0.05) is 23.6 Å². The normalized spacial score (nSPS) is 11.0. The molecular formula is C19H15FN4O2S. The summed E-state index contributed by atoms with van der Waals surface area (Å²) in [4.78, 5) is 15.1. The molecule has 0 spiro atoms. The van der Waals surface area contributed by atoms with Crippen LogP contribution < -0.4 is 5.32 Å². The van der Waals surface area contributed by atoms with Crippen molar-refractivity contribution in [1.82, 2.24) is 20.5 Å². The first kappa shape index (κ1) is 17.3. The number of halogens is 1. The van der Waals surface area contributed by atoms with Gasteiger partial charge in [-0.3, -0.25) is 4.79 Å². The Morgan fingerprint density at radius 2 is 1.96 bits per heavy atom. The number of rotatable bonds is 6. The fourth-order valence-corrected chi connectivity index (χ4v) is 3.20. The molecule has 2 aromatic carbocycles. The third-order valence-electron chi connectivity index (χ3n) is 3.96. The highest BCUT2D eigenvalue weighted by molar-refractivity contribution is 7.99. The molecule has 4 aromatic rings. The van der Waals surface area contributed by atoms with Crippen LogP contribution in [-0.2, 0) is 11.3 Å². The molecule has 1 amide bonds. The van der Waals surface area contributed by atoms with E-state index in [1.54, 1.807) is 12.1 Å². The second-order valence-corrected chi connectivity index (χ2v) is 6.74. The van der Waals surface area contributed by atoms with Gasteiger partial charge in [0.1, 0.15) is 5.82 Å². The van der Waals surface area contributed by atoms with Gasteiger partial charge in [-0.1, -0.05) is 42.1 Å². The fraction of sp³-hybridized carbons (Fsp3) is 0.105. The zero-order valence-corrected chi connectivity index (χ0v) is 14.9. The van der Waals surface area contributed by atoms with E-state index in [9.17, 15) is 9.18 Å². The summed E-state index contributed by atoms with van der Waals surface area (Å²) >= 11 is 1.17. The van der Waals surface area contributed by atoms with Gasteiger partial charge in [0.2, 0.25) is 5.91 Å². The zero-order valence-electron chi connectivity index (χ0n) is 14.1. The molecule has 136 valence electrons. The topological polar surface area (TPSA) is 83.8 Å². The van der Waals surface area contributed by atoms with Gasteiger partial charge in [0.25, 0.3) is 11.1 Å². The maximum Gasteiger partial charge on any atom is 0.277 e. The monoisotopic (exact) mass is 382 g/mol. The number of carbonyl (C=O) groups is 1. The number of thioether (sulfide) groups is 1. The number of nitrogens with one attached hydrogen (secondary N) is 2. The van der Waals surface area contributed by atoms with Crippen LogP contribution in [0.4, 0.5) is 4.39 Å². The van der Waals surface area contributed by atoms with E-state index in [4.69, 9.17) is 4.42 Å². The molecule has 0 aliphatic heterocycles. The maximum atomic E-state index is 12.9. The van der Waals surface area contributed by atoms with Crippen LogP contribution in [0.15, 0.2) is 64.4 Å². The number of fused-ring (bicyclic) bond motifs is 1. The van der Waals surface area contributed by atoms with Crippen molar-refractivity contribution in [2.24, 2.45) is 0 Å². The summed E-state index contributed by atoms with van der Waals surface area (Å²) in [7, 11) is 0. The molecule has 2 N–H and O–H groups in total. The number of benzene rings is 2. The molecule has 0 aliphatic carbocycles. The Bertz CT molecular complexity index is 1070. The predicted molar refractivity (Wildman–Crippen MR) is 101 cm³/mol. The van der Waals surface area contributed by atoms with E-state index in [1.165, 1.54) is 23.9 Å². The molecule has 0 unspecified atom stereocenters. The van der Waals surface area contributed by atoms with Crippen molar-refractivity contribution in [3.63, 3.8) is 0 Å². The second-order valence-electron chi connectivity index (χ2n) is 5.81. The molecule has 8 heteroatoms. The Kier molecular flexibility index (Phi) is 4.88. The molecule has 4 rings (SSSR count). The van der Waals surface area contributed by atoms with Crippen LogP contribution in [0.5, 0.6) is 0 Å². The van der Waals surface area contributed by atoms with Crippen molar-refractivity contribution in [3.05, 3.63) is 66.1 Å². The summed E-state index contributed by atoms with van der Waals surface area (Å²) in [6.45, 7) is 0.337. The van der Waals surface area contributed by atoms with Gasteiger partial charge >= 0.3 is 0 Å². The van der Waals surface area contributed by atoms with Crippen LogP contribution >= 0.6 is 11.8 Å². The number of hydrogen-bond donors (Lipinski definition) is 2. The van der Waals surface area contributed by atoms with Crippen LogP contribution in [0.1, 0.15) is 5.56 Å². The highest BCUT2D eigenvalue weighted by Gasteiger charge is 2.14. The maximum absolute atomic E-state index is 12.9. The van der Waals surface area contributed by atoms with E-state index in [0.717, 1.165) is 22.0 Å². The Balaban J connectivity index is 1.34. The number of hydrogen-bond acceptors (Lipinski definition) is 5. The largest absolute Gasteiger partial charge is 0.411 e.